The molecule has 0 aliphatic carbocycles. The van der Waals surface area contributed by atoms with Crippen molar-refractivity contribution in [1.29, 1.82) is 0 Å². The van der Waals surface area contributed by atoms with Gasteiger partial charge in [-0.1, -0.05) is 0 Å². The lowest BCUT2D eigenvalue weighted by Crippen LogP contribution is -2.25. The fourth-order valence-corrected chi connectivity index (χ4v) is 3.81. The van der Waals surface area contributed by atoms with Gasteiger partial charge in [-0.3, -0.25) is 14.9 Å². The molecule has 12 heteroatoms. The number of rotatable bonds is 10. The van der Waals surface area contributed by atoms with Crippen LogP contribution in [0.1, 0.15) is 11.1 Å². The third kappa shape index (κ3) is 6.21. The number of carbonyl (C=O) groups excluding carboxylic acids is 1. The van der Waals surface area contributed by atoms with E-state index in [4.69, 9.17) is 18.9 Å². The number of anilines is 1. The lowest BCUT2D eigenvalue weighted by molar-refractivity contribution is -0.384. The summed E-state index contributed by atoms with van der Waals surface area (Å²) in [4.78, 5) is 22.5. The highest BCUT2D eigenvalue weighted by atomic mass is 79.9. The number of amides is 1. The number of methoxy groups -OCH3 is 1. The van der Waals surface area contributed by atoms with Gasteiger partial charge in [0.25, 0.3) is 11.6 Å². The van der Waals surface area contributed by atoms with Gasteiger partial charge in [0.1, 0.15) is 6.61 Å². The highest BCUT2D eigenvalue weighted by Crippen LogP contribution is 2.37. The van der Waals surface area contributed by atoms with Crippen LogP contribution in [0.3, 0.4) is 0 Å². The van der Waals surface area contributed by atoms with Crippen molar-refractivity contribution in [2.24, 2.45) is 5.10 Å². The standard InChI is InChI=1S/C24H21BrN4O7/c1-33-22-9-16(8-19(25)24(22)34-13-15-2-5-18(6-3-15)29(31)32)11-27-28-23(30)12-26-17-4-7-20-21(10-17)36-14-35-20/h2-11,26H,12-14H2,1H3,(H,28,30)/b27-11-. The number of fused-ring (bicyclic) bond motifs is 1. The fraction of sp³-hybridized carbons (Fsp3) is 0.167. The average Bonchev–Trinajstić information content (AvgIpc) is 3.35. The number of nitrogens with one attached hydrogen (secondary N) is 2. The monoisotopic (exact) mass is 556 g/mol. The van der Waals surface area contributed by atoms with Crippen molar-refractivity contribution in [2.45, 2.75) is 6.61 Å². The van der Waals surface area contributed by atoms with Gasteiger partial charge in [-0.25, -0.2) is 5.43 Å². The van der Waals surface area contributed by atoms with E-state index in [0.29, 0.717) is 33.0 Å². The second kappa shape index (κ2) is 11.4. The summed E-state index contributed by atoms with van der Waals surface area (Å²) in [6, 6.07) is 14.9. The molecule has 0 atom stereocenters. The van der Waals surface area contributed by atoms with Gasteiger partial charge in [0, 0.05) is 23.9 Å². The third-order valence-electron chi connectivity index (χ3n) is 5.01. The minimum Gasteiger partial charge on any atom is -0.493 e. The Morgan fingerprint density at radius 2 is 1.94 bits per heavy atom. The third-order valence-corrected chi connectivity index (χ3v) is 5.60. The first-order valence-electron chi connectivity index (χ1n) is 10.6. The number of hydrogen-bond donors (Lipinski definition) is 2. The van der Waals surface area contributed by atoms with Crippen LogP contribution < -0.4 is 29.7 Å². The maximum Gasteiger partial charge on any atom is 0.269 e. The summed E-state index contributed by atoms with van der Waals surface area (Å²) < 4.78 is 22.5. The number of non-ortho nitro benzene ring substituents is 1. The predicted octanol–water partition coefficient (Wildman–Crippen LogP) is 4.24. The molecule has 186 valence electrons. The Hall–Kier alpha value is -4.32. The number of nitro benzene ring substituents is 1. The van der Waals surface area contributed by atoms with E-state index in [1.807, 2.05) is 0 Å². The summed E-state index contributed by atoms with van der Waals surface area (Å²) in [6.07, 6.45) is 1.48. The number of hydrogen-bond acceptors (Lipinski definition) is 9. The first-order chi connectivity index (χ1) is 17.4. The van der Waals surface area contributed by atoms with Crippen LogP contribution in [-0.4, -0.2) is 37.5 Å². The summed E-state index contributed by atoms with van der Waals surface area (Å²) in [5.41, 5.74) is 4.61. The molecule has 0 radical (unpaired) electrons. The molecule has 4 rings (SSSR count). The molecular weight excluding hydrogens is 536 g/mol. The molecule has 0 aromatic heterocycles. The zero-order chi connectivity index (χ0) is 25.5. The summed E-state index contributed by atoms with van der Waals surface area (Å²) >= 11 is 3.46. The molecule has 36 heavy (non-hydrogen) atoms. The summed E-state index contributed by atoms with van der Waals surface area (Å²) in [5, 5.41) is 17.8. The number of hydrazone groups is 1. The molecule has 2 N–H and O–H groups in total. The Balaban J connectivity index is 1.31. The van der Waals surface area contributed by atoms with Gasteiger partial charge in [-0.05, 0) is 63.5 Å². The van der Waals surface area contributed by atoms with Gasteiger partial charge in [0.05, 0.1) is 29.3 Å². The first kappa shape index (κ1) is 24.8. The summed E-state index contributed by atoms with van der Waals surface area (Å²) in [5.74, 6) is 1.86. The summed E-state index contributed by atoms with van der Waals surface area (Å²) in [6.45, 7) is 0.383. The molecule has 0 fully saturated rings. The molecule has 0 bridgehead atoms. The molecule has 1 aliphatic rings. The lowest BCUT2D eigenvalue weighted by Gasteiger charge is -2.13. The Morgan fingerprint density at radius 3 is 2.69 bits per heavy atom. The first-order valence-corrected chi connectivity index (χ1v) is 11.4. The van der Waals surface area contributed by atoms with Gasteiger partial charge in [-0.15, -0.1) is 0 Å². The molecule has 1 heterocycles. The second-order valence-electron chi connectivity index (χ2n) is 7.46. The van der Waals surface area contributed by atoms with E-state index in [9.17, 15) is 14.9 Å². The molecule has 1 aliphatic heterocycles. The van der Waals surface area contributed by atoms with E-state index in [1.54, 1.807) is 42.5 Å². The minimum absolute atomic E-state index is 0.0111. The Bertz CT molecular complexity index is 1300. The molecule has 0 unspecified atom stereocenters. The van der Waals surface area contributed by atoms with Crippen LogP contribution in [-0.2, 0) is 11.4 Å². The van der Waals surface area contributed by atoms with Crippen molar-refractivity contribution in [3.63, 3.8) is 0 Å². The van der Waals surface area contributed by atoms with E-state index >= 15 is 0 Å². The van der Waals surface area contributed by atoms with E-state index in [2.05, 4.69) is 31.8 Å². The largest absolute Gasteiger partial charge is 0.493 e. The smallest absolute Gasteiger partial charge is 0.269 e. The lowest BCUT2D eigenvalue weighted by atomic mass is 10.2. The predicted molar refractivity (Wildman–Crippen MR) is 135 cm³/mol. The topological polar surface area (TPSA) is 134 Å². The molecule has 11 nitrogen and oxygen atoms in total. The van der Waals surface area contributed by atoms with Gasteiger partial charge in [0.15, 0.2) is 23.0 Å². The maximum atomic E-state index is 12.1. The van der Waals surface area contributed by atoms with Crippen molar-refractivity contribution in [3.05, 3.63) is 80.3 Å². The SMILES string of the molecule is COc1cc(/C=N\NC(=O)CNc2ccc3c(c2)OCO3)cc(Br)c1OCc1ccc([N+](=O)[O-])cc1. The van der Waals surface area contributed by atoms with Crippen LogP contribution in [0, 0.1) is 10.1 Å². The molecular formula is C24H21BrN4O7. The van der Waals surface area contributed by atoms with E-state index in [1.165, 1.54) is 25.5 Å². The van der Waals surface area contributed by atoms with Crippen molar-refractivity contribution < 1.29 is 28.7 Å². The molecule has 0 saturated heterocycles. The van der Waals surface area contributed by atoms with Crippen LogP contribution in [0.4, 0.5) is 11.4 Å². The van der Waals surface area contributed by atoms with Crippen LogP contribution >= 0.6 is 15.9 Å². The normalized spacial score (nSPS) is 11.8. The van der Waals surface area contributed by atoms with Crippen LogP contribution in [0.15, 0.2) is 64.2 Å². The molecule has 0 saturated carbocycles. The van der Waals surface area contributed by atoms with Crippen molar-refractivity contribution in [2.75, 3.05) is 25.8 Å². The molecule has 0 spiro atoms. The number of ether oxygens (including phenoxy) is 4. The van der Waals surface area contributed by atoms with Crippen LogP contribution in [0.5, 0.6) is 23.0 Å². The van der Waals surface area contributed by atoms with E-state index in [-0.39, 0.29) is 31.5 Å². The minimum atomic E-state index is -0.456. The Labute approximate surface area is 214 Å². The Kier molecular flexibility index (Phi) is 7.85. The number of nitro groups is 1. The highest BCUT2D eigenvalue weighted by molar-refractivity contribution is 9.10. The number of carbonyl (C=O) groups is 1. The molecule has 3 aromatic rings. The fourth-order valence-electron chi connectivity index (χ4n) is 3.23. The highest BCUT2D eigenvalue weighted by Gasteiger charge is 2.14. The average molecular weight is 557 g/mol. The number of nitrogens with zero attached hydrogens (tertiary/aromatic N) is 2. The van der Waals surface area contributed by atoms with Gasteiger partial charge < -0.3 is 24.3 Å². The number of benzene rings is 3. The number of halogens is 1. The van der Waals surface area contributed by atoms with Gasteiger partial charge in [0.2, 0.25) is 6.79 Å². The van der Waals surface area contributed by atoms with E-state index < -0.39 is 4.92 Å². The van der Waals surface area contributed by atoms with Crippen molar-refractivity contribution in [1.82, 2.24) is 5.43 Å². The zero-order valence-electron chi connectivity index (χ0n) is 19.0. The Morgan fingerprint density at radius 1 is 1.17 bits per heavy atom. The summed E-state index contributed by atoms with van der Waals surface area (Å²) in [7, 11) is 1.50. The molecule has 1 amide bonds. The van der Waals surface area contributed by atoms with Crippen molar-refractivity contribution in [3.8, 4) is 23.0 Å². The van der Waals surface area contributed by atoms with Crippen LogP contribution in [0.25, 0.3) is 0 Å². The quantitative estimate of drug-likeness (QED) is 0.215. The van der Waals surface area contributed by atoms with Crippen LogP contribution in [0.2, 0.25) is 0 Å². The van der Waals surface area contributed by atoms with Gasteiger partial charge in [-0.2, -0.15) is 5.10 Å². The van der Waals surface area contributed by atoms with Crippen molar-refractivity contribution >= 4 is 39.4 Å². The second-order valence-corrected chi connectivity index (χ2v) is 8.32. The molecule has 3 aromatic carbocycles. The maximum absolute atomic E-state index is 12.1. The van der Waals surface area contributed by atoms with E-state index in [0.717, 1.165) is 11.3 Å². The van der Waals surface area contributed by atoms with Gasteiger partial charge >= 0.3 is 0 Å². The zero-order valence-corrected chi connectivity index (χ0v) is 20.6.